The molecular formula is C15H25NO2. The van der Waals surface area contributed by atoms with Gasteiger partial charge in [-0.3, -0.25) is 0 Å². The third-order valence-electron chi connectivity index (χ3n) is 2.76. The van der Waals surface area contributed by atoms with Crippen LogP contribution >= 0.6 is 0 Å². The van der Waals surface area contributed by atoms with E-state index >= 15 is 0 Å². The van der Waals surface area contributed by atoms with Gasteiger partial charge in [-0.2, -0.15) is 0 Å². The minimum atomic E-state index is 0.732. The Bertz CT molecular complexity index is 350. The van der Waals surface area contributed by atoms with Crippen LogP contribution in [-0.2, 0) is 6.42 Å². The van der Waals surface area contributed by atoms with Gasteiger partial charge < -0.3 is 14.4 Å². The zero-order chi connectivity index (χ0) is 13.4. The maximum absolute atomic E-state index is 5.64. The van der Waals surface area contributed by atoms with Gasteiger partial charge in [0.05, 0.1) is 13.7 Å². The number of aryl methyl sites for hydroxylation is 1. The molecule has 0 saturated heterocycles. The minimum Gasteiger partial charge on any atom is -0.493 e. The van der Waals surface area contributed by atoms with Crippen LogP contribution in [0.25, 0.3) is 0 Å². The molecule has 0 aliphatic heterocycles. The van der Waals surface area contributed by atoms with Crippen molar-refractivity contribution in [1.82, 2.24) is 4.90 Å². The van der Waals surface area contributed by atoms with Gasteiger partial charge >= 0.3 is 0 Å². The normalized spacial score (nSPS) is 10.7. The number of rotatable bonds is 8. The first-order valence-corrected chi connectivity index (χ1v) is 6.61. The summed E-state index contributed by atoms with van der Waals surface area (Å²) in [5, 5.41) is 0. The molecule has 3 nitrogen and oxygen atoms in total. The summed E-state index contributed by atoms with van der Waals surface area (Å²) in [4.78, 5) is 2.20. The van der Waals surface area contributed by atoms with E-state index < -0.39 is 0 Å². The number of nitrogens with zero attached hydrogens (tertiary/aromatic N) is 1. The van der Waals surface area contributed by atoms with E-state index in [-0.39, 0.29) is 0 Å². The first-order chi connectivity index (χ1) is 8.67. The van der Waals surface area contributed by atoms with E-state index in [1.54, 1.807) is 7.11 Å². The Morgan fingerprint density at radius 3 is 2.56 bits per heavy atom. The van der Waals surface area contributed by atoms with Crippen LogP contribution in [0.2, 0.25) is 0 Å². The van der Waals surface area contributed by atoms with Crippen molar-refractivity contribution in [3.63, 3.8) is 0 Å². The van der Waals surface area contributed by atoms with Crippen LogP contribution < -0.4 is 9.47 Å². The first-order valence-electron chi connectivity index (χ1n) is 6.61. The maximum Gasteiger partial charge on any atom is 0.161 e. The molecule has 0 aromatic heterocycles. The summed E-state index contributed by atoms with van der Waals surface area (Å²) in [6.07, 6.45) is 3.24. The molecule has 0 N–H and O–H groups in total. The van der Waals surface area contributed by atoms with E-state index in [1.165, 1.54) is 5.56 Å². The van der Waals surface area contributed by atoms with Crippen molar-refractivity contribution in [2.24, 2.45) is 0 Å². The molecule has 0 fully saturated rings. The van der Waals surface area contributed by atoms with E-state index in [1.807, 2.05) is 6.07 Å². The second-order valence-electron chi connectivity index (χ2n) is 4.74. The number of hydrogen-bond acceptors (Lipinski definition) is 3. The largest absolute Gasteiger partial charge is 0.493 e. The fourth-order valence-corrected chi connectivity index (χ4v) is 1.80. The molecule has 3 heteroatoms. The van der Waals surface area contributed by atoms with Crippen LogP contribution in [-0.4, -0.2) is 39.3 Å². The third kappa shape index (κ3) is 4.96. The van der Waals surface area contributed by atoms with Gasteiger partial charge in [0.2, 0.25) is 0 Å². The molecule has 1 aromatic carbocycles. The van der Waals surface area contributed by atoms with E-state index in [4.69, 9.17) is 9.47 Å². The molecule has 0 heterocycles. The van der Waals surface area contributed by atoms with Crippen LogP contribution in [0.4, 0.5) is 0 Å². The number of benzene rings is 1. The maximum atomic E-state index is 5.64. The fourth-order valence-electron chi connectivity index (χ4n) is 1.80. The molecule has 18 heavy (non-hydrogen) atoms. The van der Waals surface area contributed by atoms with Gasteiger partial charge in [0.15, 0.2) is 11.5 Å². The van der Waals surface area contributed by atoms with E-state index in [2.05, 4.69) is 38.1 Å². The molecule has 0 saturated carbocycles. The Balaban J connectivity index is 2.60. The third-order valence-corrected chi connectivity index (χ3v) is 2.76. The van der Waals surface area contributed by atoms with Crippen LogP contribution in [0.15, 0.2) is 18.2 Å². The van der Waals surface area contributed by atoms with Crippen LogP contribution in [0.1, 0.15) is 25.3 Å². The predicted octanol–water partition coefficient (Wildman–Crippen LogP) is 2.98. The van der Waals surface area contributed by atoms with Gasteiger partial charge in [-0.05, 0) is 57.6 Å². The highest BCUT2D eigenvalue weighted by Gasteiger charge is 2.05. The van der Waals surface area contributed by atoms with Crippen LogP contribution in [0, 0.1) is 0 Å². The smallest absolute Gasteiger partial charge is 0.161 e. The minimum absolute atomic E-state index is 0.732. The van der Waals surface area contributed by atoms with E-state index in [0.717, 1.165) is 43.9 Å². The SMILES string of the molecule is CCCOc1ccc(CCCN(C)C)cc1OC. The topological polar surface area (TPSA) is 21.7 Å². The molecule has 0 spiro atoms. The van der Waals surface area contributed by atoms with Crippen molar-refractivity contribution < 1.29 is 9.47 Å². The Morgan fingerprint density at radius 1 is 1.17 bits per heavy atom. The standard InChI is InChI=1S/C15H25NO2/c1-5-11-18-14-9-8-13(12-15(14)17-4)7-6-10-16(2)3/h8-9,12H,5-7,10-11H2,1-4H3. The van der Waals surface area contributed by atoms with Crippen molar-refractivity contribution in [1.29, 1.82) is 0 Å². The highest BCUT2D eigenvalue weighted by atomic mass is 16.5. The average Bonchev–Trinajstić information content (AvgIpc) is 2.36. The first kappa shape index (κ1) is 14.8. The zero-order valence-corrected chi connectivity index (χ0v) is 12.0. The van der Waals surface area contributed by atoms with Crippen LogP contribution in [0.3, 0.4) is 0 Å². The Morgan fingerprint density at radius 2 is 1.94 bits per heavy atom. The monoisotopic (exact) mass is 251 g/mol. The number of methoxy groups -OCH3 is 1. The molecule has 1 rings (SSSR count). The van der Waals surface area contributed by atoms with Crippen molar-refractivity contribution in [2.75, 3.05) is 34.4 Å². The van der Waals surface area contributed by atoms with Crippen molar-refractivity contribution in [2.45, 2.75) is 26.2 Å². The van der Waals surface area contributed by atoms with Gasteiger partial charge in [0, 0.05) is 0 Å². The summed E-state index contributed by atoms with van der Waals surface area (Å²) in [6, 6.07) is 6.23. The Labute approximate surface area is 111 Å². The summed E-state index contributed by atoms with van der Waals surface area (Å²) in [5.74, 6) is 1.68. The predicted molar refractivity (Wildman–Crippen MR) is 75.7 cm³/mol. The lowest BCUT2D eigenvalue weighted by Gasteiger charge is -2.12. The lowest BCUT2D eigenvalue weighted by Crippen LogP contribution is -2.13. The molecule has 0 radical (unpaired) electrons. The van der Waals surface area contributed by atoms with Gasteiger partial charge in [-0.1, -0.05) is 13.0 Å². The fraction of sp³-hybridized carbons (Fsp3) is 0.600. The van der Waals surface area contributed by atoms with Crippen molar-refractivity contribution in [3.8, 4) is 11.5 Å². The van der Waals surface area contributed by atoms with Gasteiger partial charge in [-0.15, -0.1) is 0 Å². The Kier molecular flexibility index (Phi) is 6.58. The van der Waals surface area contributed by atoms with E-state index in [9.17, 15) is 0 Å². The highest BCUT2D eigenvalue weighted by molar-refractivity contribution is 5.43. The van der Waals surface area contributed by atoms with Gasteiger partial charge in [0.25, 0.3) is 0 Å². The summed E-state index contributed by atoms with van der Waals surface area (Å²) < 4.78 is 11.0. The van der Waals surface area contributed by atoms with Crippen LogP contribution in [0.5, 0.6) is 11.5 Å². The lowest BCUT2D eigenvalue weighted by molar-refractivity contribution is 0.294. The second kappa shape index (κ2) is 7.98. The summed E-state index contributed by atoms with van der Waals surface area (Å²) in [5.41, 5.74) is 1.30. The van der Waals surface area contributed by atoms with E-state index in [0.29, 0.717) is 0 Å². The quantitative estimate of drug-likeness (QED) is 0.709. The number of ether oxygens (including phenoxy) is 2. The molecule has 102 valence electrons. The second-order valence-corrected chi connectivity index (χ2v) is 4.74. The lowest BCUT2D eigenvalue weighted by atomic mass is 10.1. The molecule has 0 aliphatic carbocycles. The molecule has 0 unspecified atom stereocenters. The molecule has 0 aliphatic rings. The summed E-state index contributed by atoms with van der Waals surface area (Å²) >= 11 is 0. The van der Waals surface area contributed by atoms with Crippen molar-refractivity contribution in [3.05, 3.63) is 23.8 Å². The van der Waals surface area contributed by atoms with Gasteiger partial charge in [-0.25, -0.2) is 0 Å². The molecule has 0 bridgehead atoms. The molecule has 0 atom stereocenters. The van der Waals surface area contributed by atoms with Crippen molar-refractivity contribution >= 4 is 0 Å². The summed E-state index contributed by atoms with van der Waals surface area (Å²) in [6.45, 7) is 3.94. The number of hydrogen-bond donors (Lipinski definition) is 0. The zero-order valence-electron chi connectivity index (χ0n) is 12.0. The highest BCUT2D eigenvalue weighted by Crippen LogP contribution is 2.28. The summed E-state index contributed by atoms with van der Waals surface area (Å²) in [7, 11) is 5.89. The Hall–Kier alpha value is -1.22. The molecule has 0 amide bonds. The molecule has 1 aromatic rings. The molecular weight excluding hydrogens is 226 g/mol. The van der Waals surface area contributed by atoms with Gasteiger partial charge in [0.1, 0.15) is 0 Å². The average molecular weight is 251 g/mol.